The van der Waals surface area contributed by atoms with E-state index in [0.717, 1.165) is 41.1 Å². The fourth-order valence-corrected chi connectivity index (χ4v) is 4.75. The van der Waals surface area contributed by atoms with E-state index in [1.54, 1.807) is 23.1 Å². The second-order valence-electron chi connectivity index (χ2n) is 5.48. The van der Waals surface area contributed by atoms with Crippen LogP contribution >= 0.6 is 23.1 Å². The minimum atomic E-state index is -0.0580. The van der Waals surface area contributed by atoms with Gasteiger partial charge in [-0.05, 0) is 48.3 Å². The molecule has 0 fully saturated rings. The molecule has 1 aromatic carbocycles. The lowest BCUT2D eigenvalue weighted by Crippen LogP contribution is -2.14. The Bertz CT molecular complexity index is 757. The SMILES string of the molecule is CCSc1ccc(CC(=O)Nc2sc3c(c2C#N)CCC3)cc1. The summed E-state index contributed by atoms with van der Waals surface area (Å²) in [6.45, 7) is 2.12. The zero-order valence-corrected chi connectivity index (χ0v) is 14.6. The van der Waals surface area contributed by atoms with Crippen LogP contribution in [0.4, 0.5) is 5.00 Å². The van der Waals surface area contributed by atoms with Crippen molar-refractivity contribution in [1.29, 1.82) is 5.26 Å². The largest absolute Gasteiger partial charge is 0.316 e. The average Bonchev–Trinajstić information content (AvgIpc) is 3.10. The molecule has 0 aliphatic heterocycles. The summed E-state index contributed by atoms with van der Waals surface area (Å²) in [4.78, 5) is 14.8. The number of nitrogens with one attached hydrogen (secondary N) is 1. The van der Waals surface area contributed by atoms with Gasteiger partial charge < -0.3 is 5.32 Å². The molecule has 1 heterocycles. The van der Waals surface area contributed by atoms with Crippen molar-refractivity contribution < 1.29 is 4.79 Å². The van der Waals surface area contributed by atoms with Gasteiger partial charge in [0.25, 0.3) is 0 Å². The first-order valence-corrected chi connectivity index (χ1v) is 9.57. The molecule has 0 saturated heterocycles. The van der Waals surface area contributed by atoms with E-state index in [9.17, 15) is 10.1 Å². The van der Waals surface area contributed by atoms with Gasteiger partial charge in [-0.15, -0.1) is 23.1 Å². The van der Waals surface area contributed by atoms with Crippen LogP contribution in [0.3, 0.4) is 0 Å². The van der Waals surface area contributed by atoms with Crippen molar-refractivity contribution >= 4 is 34.0 Å². The van der Waals surface area contributed by atoms with E-state index < -0.39 is 0 Å². The van der Waals surface area contributed by atoms with Crippen molar-refractivity contribution in [2.24, 2.45) is 0 Å². The molecular weight excluding hydrogens is 324 g/mol. The van der Waals surface area contributed by atoms with Gasteiger partial charge in [-0.25, -0.2) is 0 Å². The predicted octanol–water partition coefficient (Wildman–Crippen LogP) is 4.40. The van der Waals surface area contributed by atoms with E-state index in [-0.39, 0.29) is 5.91 Å². The van der Waals surface area contributed by atoms with E-state index in [4.69, 9.17) is 0 Å². The summed E-state index contributed by atoms with van der Waals surface area (Å²) >= 11 is 3.35. The number of rotatable bonds is 5. The van der Waals surface area contributed by atoms with Crippen LogP contribution in [0.5, 0.6) is 0 Å². The Morgan fingerprint density at radius 3 is 2.83 bits per heavy atom. The number of hydrogen-bond acceptors (Lipinski definition) is 4. The summed E-state index contributed by atoms with van der Waals surface area (Å²) < 4.78 is 0. The van der Waals surface area contributed by atoms with Crippen LogP contribution < -0.4 is 5.32 Å². The standard InChI is InChI=1S/C18H18N2OS2/c1-2-22-13-8-6-12(7-9-13)10-17(21)20-18-15(11-19)14-4-3-5-16(14)23-18/h6-9H,2-5,10H2,1H3,(H,20,21). The van der Waals surface area contributed by atoms with Crippen molar-refractivity contribution in [2.45, 2.75) is 37.5 Å². The van der Waals surface area contributed by atoms with Gasteiger partial charge in [0.15, 0.2) is 0 Å². The van der Waals surface area contributed by atoms with Gasteiger partial charge >= 0.3 is 0 Å². The van der Waals surface area contributed by atoms with E-state index in [1.807, 2.05) is 12.1 Å². The van der Waals surface area contributed by atoms with E-state index in [2.05, 4.69) is 30.4 Å². The number of nitriles is 1. The summed E-state index contributed by atoms with van der Waals surface area (Å²) in [5, 5.41) is 13.0. The summed E-state index contributed by atoms with van der Waals surface area (Å²) in [7, 11) is 0. The Morgan fingerprint density at radius 1 is 1.35 bits per heavy atom. The Balaban J connectivity index is 1.67. The Labute approximate surface area is 144 Å². The number of amides is 1. The highest BCUT2D eigenvalue weighted by Gasteiger charge is 2.23. The van der Waals surface area contributed by atoms with Crippen molar-refractivity contribution in [3.63, 3.8) is 0 Å². The molecule has 1 aliphatic carbocycles. The summed E-state index contributed by atoms with van der Waals surface area (Å²) in [5.74, 6) is 0.983. The number of carbonyl (C=O) groups is 1. The number of carbonyl (C=O) groups excluding carboxylic acids is 1. The predicted molar refractivity (Wildman–Crippen MR) is 96.2 cm³/mol. The third kappa shape index (κ3) is 3.60. The smallest absolute Gasteiger partial charge is 0.229 e. The molecule has 0 unspecified atom stereocenters. The molecule has 1 aliphatic rings. The second-order valence-corrected chi connectivity index (χ2v) is 7.92. The zero-order valence-electron chi connectivity index (χ0n) is 13.0. The molecule has 0 spiro atoms. The monoisotopic (exact) mass is 342 g/mol. The van der Waals surface area contributed by atoms with Crippen molar-refractivity contribution in [3.8, 4) is 6.07 Å². The van der Waals surface area contributed by atoms with Crippen LogP contribution in [-0.4, -0.2) is 11.7 Å². The Morgan fingerprint density at radius 2 is 2.13 bits per heavy atom. The maximum atomic E-state index is 12.3. The number of fused-ring (bicyclic) bond motifs is 1. The maximum Gasteiger partial charge on any atom is 0.229 e. The lowest BCUT2D eigenvalue weighted by atomic mass is 10.1. The fraction of sp³-hybridized carbons (Fsp3) is 0.333. The lowest BCUT2D eigenvalue weighted by Gasteiger charge is -2.05. The minimum Gasteiger partial charge on any atom is -0.316 e. The molecule has 0 radical (unpaired) electrons. The lowest BCUT2D eigenvalue weighted by molar-refractivity contribution is -0.115. The molecule has 0 saturated carbocycles. The molecule has 118 valence electrons. The first-order valence-electron chi connectivity index (χ1n) is 7.77. The van der Waals surface area contributed by atoms with Crippen molar-refractivity contribution in [3.05, 3.63) is 45.8 Å². The van der Waals surface area contributed by atoms with Gasteiger partial charge in [-0.1, -0.05) is 19.1 Å². The number of thioether (sulfide) groups is 1. The second kappa shape index (κ2) is 7.20. The number of benzene rings is 1. The third-order valence-corrected chi connectivity index (χ3v) is 5.99. The van der Waals surface area contributed by atoms with Crippen LogP contribution in [0, 0.1) is 11.3 Å². The quantitative estimate of drug-likeness (QED) is 0.819. The zero-order chi connectivity index (χ0) is 16.2. The highest BCUT2D eigenvalue weighted by Crippen LogP contribution is 2.38. The fourth-order valence-electron chi connectivity index (χ4n) is 2.84. The normalized spacial score (nSPS) is 12.7. The van der Waals surface area contributed by atoms with Gasteiger partial charge in [0.1, 0.15) is 11.1 Å². The van der Waals surface area contributed by atoms with Gasteiger partial charge in [0, 0.05) is 9.77 Å². The number of nitrogens with zero attached hydrogens (tertiary/aromatic N) is 1. The minimum absolute atomic E-state index is 0.0580. The van der Waals surface area contributed by atoms with Gasteiger partial charge in [-0.3, -0.25) is 4.79 Å². The van der Waals surface area contributed by atoms with Crippen molar-refractivity contribution in [1.82, 2.24) is 0 Å². The molecule has 5 heteroatoms. The van der Waals surface area contributed by atoms with E-state index in [0.29, 0.717) is 12.0 Å². The number of anilines is 1. The van der Waals surface area contributed by atoms with Gasteiger partial charge in [0.2, 0.25) is 5.91 Å². The molecule has 23 heavy (non-hydrogen) atoms. The first-order chi connectivity index (χ1) is 11.2. The molecule has 3 rings (SSSR count). The number of aryl methyl sites for hydroxylation is 1. The maximum absolute atomic E-state index is 12.3. The third-order valence-electron chi connectivity index (χ3n) is 3.89. The van der Waals surface area contributed by atoms with E-state index >= 15 is 0 Å². The highest BCUT2D eigenvalue weighted by molar-refractivity contribution is 7.99. The molecule has 3 nitrogen and oxygen atoms in total. The molecular formula is C18H18N2OS2. The molecule has 1 N–H and O–H groups in total. The highest BCUT2D eigenvalue weighted by atomic mass is 32.2. The topological polar surface area (TPSA) is 52.9 Å². The van der Waals surface area contributed by atoms with Gasteiger partial charge in [0.05, 0.1) is 12.0 Å². The van der Waals surface area contributed by atoms with E-state index in [1.165, 1.54) is 9.77 Å². The van der Waals surface area contributed by atoms with Crippen LogP contribution in [0.25, 0.3) is 0 Å². The first kappa shape index (κ1) is 16.1. The number of hydrogen-bond donors (Lipinski definition) is 1. The number of thiophene rings is 1. The Kier molecular flexibility index (Phi) is 5.04. The molecule has 0 atom stereocenters. The molecule has 1 amide bonds. The van der Waals surface area contributed by atoms with Crippen LogP contribution in [0.15, 0.2) is 29.2 Å². The average molecular weight is 342 g/mol. The molecule has 1 aromatic heterocycles. The van der Waals surface area contributed by atoms with Crippen LogP contribution in [0.1, 0.15) is 34.9 Å². The van der Waals surface area contributed by atoms with Gasteiger partial charge in [-0.2, -0.15) is 5.26 Å². The summed E-state index contributed by atoms with van der Waals surface area (Å²) in [5.41, 5.74) is 2.81. The van der Waals surface area contributed by atoms with Crippen molar-refractivity contribution in [2.75, 3.05) is 11.1 Å². The van der Waals surface area contributed by atoms with Crippen LogP contribution in [0.2, 0.25) is 0 Å². The van der Waals surface area contributed by atoms with Crippen LogP contribution in [-0.2, 0) is 24.1 Å². The summed E-state index contributed by atoms with van der Waals surface area (Å²) in [6.07, 6.45) is 3.44. The molecule has 0 bridgehead atoms. The molecule has 2 aromatic rings. The Hall–Kier alpha value is -1.77. The summed E-state index contributed by atoms with van der Waals surface area (Å²) in [6, 6.07) is 10.4.